The van der Waals surface area contributed by atoms with Crippen molar-refractivity contribution in [1.82, 2.24) is 9.78 Å². The molecule has 0 N–H and O–H groups in total. The Balaban J connectivity index is 2.47. The number of hydrogen-bond acceptors (Lipinski definition) is 5. The summed E-state index contributed by atoms with van der Waals surface area (Å²) in [6.45, 7) is 3.71. The normalized spacial score (nSPS) is 10.5. The minimum atomic E-state index is -0.457. The van der Waals surface area contributed by atoms with Gasteiger partial charge in [0, 0.05) is 25.1 Å². The van der Waals surface area contributed by atoms with Crippen molar-refractivity contribution in [3.63, 3.8) is 0 Å². The van der Waals surface area contributed by atoms with Crippen molar-refractivity contribution in [2.24, 2.45) is 7.05 Å². The Labute approximate surface area is 127 Å². The molecule has 22 heavy (non-hydrogen) atoms. The zero-order chi connectivity index (χ0) is 16.3. The van der Waals surface area contributed by atoms with Gasteiger partial charge in [-0.2, -0.15) is 5.10 Å². The Bertz CT molecular complexity index is 722. The molecular weight excluding hydrogens is 286 g/mol. The number of hydrogen-bond donors (Lipinski definition) is 0. The Kier molecular flexibility index (Phi) is 4.55. The number of esters is 1. The summed E-state index contributed by atoms with van der Waals surface area (Å²) in [5.41, 5.74) is 2.08. The van der Waals surface area contributed by atoms with Gasteiger partial charge >= 0.3 is 5.97 Å². The molecule has 0 fully saturated rings. The highest BCUT2D eigenvalue weighted by Crippen LogP contribution is 2.24. The lowest BCUT2D eigenvalue weighted by atomic mass is 10.0. The number of nitrogens with zero attached hydrogens (tertiary/aromatic N) is 3. The smallest absolute Gasteiger partial charge is 0.341 e. The third-order valence-corrected chi connectivity index (χ3v) is 3.37. The number of para-hydroxylation sites is 1. The molecule has 116 valence electrons. The molecule has 0 aliphatic rings. The molecule has 0 aliphatic carbocycles. The molecule has 1 heterocycles. The second kappa shape index (κ2) is 6.38. The van der Waals surface area contributed by atoms with E-state index in [1.54, 1.807) is 43.8 Å². The summed E-state index contributed by atoms with van der Waals surface area (Å²) in [6, 6.07) is 6.47. The summed E-state index contributed by atoms with van der Waals surface area (Å²) < 4.78 is 6.62. The molecule has 0 saturated carbocycles. The summed E-state index contributed by atoms with van der Waals surface area (Å²) >= 11 is 0. The van der Waals surface area contributed by atoms with Crippen LogP contribution in [-0.2, 0) is 18.2 Å². The minimum Gasteiger partial charge on any atom is -0.462 e. The van der Waals surface area contributed by atoms with E-state index in [1.165, 1.54) is 6.07 Å². The Hall–Kier alpha value is -2.70. The van der Waals surface area contributed by atoms with Crippen LogP contribution in [0, 0.1) is 17.0 Å². The third-order valence-electron chi connectivity index (χ3n) is 3.37. The summed E-state index contributed by atoms with van der Waals surface area (Å²) in [5, 5.41) is 15.3. The molecule has 7 heteroatoms. The zero-order valence-corrected chi connectivity index (χ0v) is 12.7. The van der Waals surface area contributed by atoms with Gasteiger partial charge in [-0.05, 0) is 13.8 Å². The predicted octanol–water partition coefficient (Wildman–Crippen LogP) is 2.40. The van der Waals surface area contributed by atoms with Crippen LogP contribution in [0.2, 0.25) is 0 Å². The number of carbonyl (C=O) groups excluding carboxylic acids is 1. The second-order valence-corrected chi connectivity index (χ2v) is 4.81. The van der Waals surface area contributed by atoms with Crippen LogP contribution in [0.3, 0.4) is 0 Å². The predicted molar refractivity (Wildman–Crippen MR) is 79.8 cm³/mol. The minimum absolute atomic E-state index is 0.0242. The van der Waals surface area contributed by atoms with Gasteiger partial charge < -0.3 is 4.74 Å². The monoisotopic (exact) mass is 303 g/mol. The van der Waals surface area contributed by atoms with E-state index in [0.717, 1.165) is 0 Å². The fourth-order valence-electron chi connectivity index (χ4n) is 2.40. The number of benzene rings is 1. The quantitative estimate of drug-likeness (QED) is 0.481. The Morgan fingerprint density at radius 3 is 2.73 bits per heavy atom. The van der Waals surface area contributed by atoms with Crippen molar-refractivity contribution in [3.05, 3.63) is 56.9 Å². The van der Waals surface area contributed by atoms with E-state index in [9.17, 15) is 14.9 Å². The van der Waals surface area contributed by atoms with Gasteiger partial charge in [0.15, 0.2) is 0 Å². The maximum Gasteiger partial charge on any atom is 0.341 e. The molecule has 1 aromatic heterocycles. The van der Waals surface area contributed by atoms with Crippen LogP contribution in [0.25, 0.3) is 0 Å². The molecule has 0 spiro atoms. The van der Waals surface area contributed by atoms with Gasteiger partial charge in [0.05, 0.1) is 22.9 Å². The van der Waals surface area contributed by atoms with Crippen molar-refractivity contribution in [1.29, 1.82) is 0 Å². The summed E-state index contributed by atoms with van der Waals surface area (Å²) in [5.74, 6) is -0.457. The average Bonchev–Trinajstić information content (AvgIpc) is 2.74. The fourth-order valence-corrected chi connectivity index (χ4v) is 2.40. The molecule has 0 aliphatic heterocycles. The largest absolute Gasteiger partial charge is 0.462 e. The van der Waals surface area contributed by atoms with E-state index in [1.807, 2.05) is 0 Å². The number of aryl methyl sites for hydroxylation is 2. The molecular formula is C15H17N3O4. The molecule has 7 nitrogen and oxygen atoms in total. The van der Waals surface area contributed by atoms with Crippen LogP contribution < -0.4 is 0 Å². The maximum atomic E-state index is 12.1. The molecule has 0 bridgehead atoms. The molecule has 2 rings (SSSR count). The van der Waals surface area contributed by atoms with Crippen LogP contribution in [-0.4, -0.2) is 27.3 Å². The van der Waals surface area contributed by atoms with Crippen LogP contribution in [0.4, 0.5) is 5.69 Å². The van der Waals surface area contributed by atoms with Crippen molar-refractivity contribution in [2.45, 2.75) is 20.3 Å². The second-order valence-electron chi connectivity index (χ2n) is 4.81. The lowest BCUT2D eigenvalue weighted by Crippen LogP contribution is -2.10. The first kappa shape index (κ1) is 15.7. The number of ether oxygens (including phenoxy) is 1. The van der Waals surface area contributed by atoms with Gasteiger partial charge in [0.2, 0.25) is 0 Å². The standard InChI is InChI=1S/C15H17N3O4/c1-4-22-15(19)14-10(2)16-17(3)13(14)9-11-7-5-6-8-12(11)18(20)21/h5-8H,4,9H2,1-3H3. The molecule has 0 unspecified atom stereocenters. The maximum absolute atomic E-state index is 12.1. The molecule has 2 aromatic rings. The highest BCUT2D eigenvalue weighted by molar-refractivity contribution is 5.92. The van der Waals surface area contributed by atoms with E-state index in [2.05, 4.69) is 5.10 Å². The number of aromatic nitrogens is 2. The lowest BCUT2D eigenvalue weighted by Gasteiger charge is -2.07. The van der Waals surface area contributed by atoms with Crippen LogP contribution in [0.5, 0.6) is 0 Å². The molecule has 0 saturated heterocycles. The van der Waals surface area contributed by atoms with E-state index in [-0.39, 0.29) is 18.7 Å². The van der Waals surface area contributed by atoms with Crippen molar-refractivity contribution in [2.75, 3.05) is 6.61 Å². The Morgan fingerprint density at radius 2 is 2.09 bits per heavy atom. The first-order chi connectivity index (χ1) is 10.5. The first-order valence-corrected chi connectivity index (χ1v) is 6.87. The van der Waals surface area contributed by atoms with Crippen LogP contribution in [0.15, 0.2) is 24.3 Å². The van der Waals surface area contributed by atoms with Gasteiger partial charge in [-0.1, -0.05) is 18.2 Å². The molecule has 0 amide bonds. The fraction of sp³-hybridized carbons (Fsp3) is 0.333. The number of carbonyl (C=O) groups is 1. The van der Waals surface area contributed by atoms with Gasteiger partial charge in [-0.15, -0.1) is 0 Å². The topological polar surface area (TPSA) is 87.3 Å². The van der Waals surface area contributed by atoms with Gasteiger partial charge in [0.25, 0.3) is 5.69 Å². The summed E-state index contributed by atoms with van der Waals surface area (Å²) in [4.78, 5) is 22.8. The molecule has 0 radical (unpaired) electrons. The van der Waals surface area contributed by atoms with E-state index >= 15 is 0 Å². The molecule has 1 aromatic carbocycles. The van der Waals surface area contributed by atoms with Gasteiger partial charge in [-0.25, -0.2) is 4.79 Å². The van der Waals surface area contributed by atoms with Crippen LogP contribution >= 0.6 is 0 Å². The highest BCUT2D eigenvalue weighted by Gasteiger charge is 2.23. The van der Waals surface area contributed by atoms with Crippen molar-refractivity contribution >= 4 is 11.7 Å². The average molecular weight is 303 g/mol. The number of nitro groups is 1. The zero-order valence-electron chi connectivity index (χ0n) is 12.7. The van der Waals surface area contributed by atoms with E-state index < -0.39 is 10.9 Å². The third kappa shape index (κ3) is 2.98. The Morgan fingerprint density at radius 1 is 1.41 bits per heavy atom. The van der Waals surface area contributed by atoms with Crippen molar-refractivity contribution in [3.8, 4) is 0 Å². The van der Waals surface area contributed by atoms with Crippen molar-refractivity contribution < 1.29 is 14.5 Å². The summed E-state index contributed by atoms with van der Waals surface area (Å²) in [6.07, 6.45) is 0.239. The number of rotatable bonds is 5. The van der Waals surface area contributed by atoms with Gasteiger partial charge in [-0.3, -0.25) is 14.8 Å². The van der Waals surface area contributed by atoms with Crippen LogP contribution in [0.1, 0.15) is 34.2 Å². The first-order valence-electron chi connectivity index (χ1n) is 6.87. The van der Waals surface area contributed by atoms with E-state index in [0.29, 0.717) is 22.5 Å². The van der Waals surface area contributed by atoms with E-state index in [4.69, 9.17) is 4.74 Å². The summed E-state index contributed by atoms with van der Waals surface area (Å²) in [7, 11) is 1.71. The highest BCUT2D eigenvalue weighted by atomic mass is 16.6. The SMILES string of the molecule is CCOC(=O)c1c(C)nn(C)c1Cc1ccccc1[N+](=O)[O-]. The number of nitro benzene ring substituents is 1. The van der Waals surface area contributed by atoms with Gasteiger partial charge in [0.1, 0.15) is 5.56 Å². The molecule has 0 atom stereocenters. The lowest BCUT2D eigenvalue weighted by molar-refractivity contribution is -0.385.